The molecule has 0 saturated heterocycles. The van der Waals surface area contributed by atoms with Crippen LogP contribution < -0.4 is 20.7 Å². The third-order valence-electron chi connectivity index (χ3n) is 6.06. The molecule has 6 nitrogen and oxygen atoms in total. The van der Waals surface area contributed by atoms with Gasteiger partial charge in [0.05, 0.1) is 0 Å². The van der Waals surface area contributed by atoms with Crippen LogP contribution in [0, 0.1) is 5.82 Å². The number of hydrogen-bond acceptors (Lipinski definition) is 3. The Morgan fingerprint density at radius 3 is 2.48 bits per heavy atom. The molecule has 0 spiro atoms. The lowest BCUT2D eigenvalue weighted by atomic mass is 9.95. The minimum absolute atomic E-state index is 0. The van der Waals surface area contributed by atoms with Crippen molar-refractivity contribution in [2.75, 3.05) is 26.7 Å². The first-order valence-electron chi connectivity index (χ1n) is 11.3. The topological polar surface area (TPSA) is 74.8 Å². The van der Waals surface area contributed by atoms with Crippen molar-refractivity contribution in [2.24, 2.45) is 4.99 Å². The van der Waals surface area contributed by atoms with Gasteiger partial charge in [0.25, 0.3) is 5.91 Å². The Hall–Kier alpha value is -2.36. The highest BCUT2D eigenvalue weighted by atomic mass is 127. The first-order valence-corrected chi connectivity index (χ1v) is 11.3. The van der Waals surface area contributed by atoms with Gasteiger partial charge in [-0.1, -0.05) is 30.3 Å². The Morgan fingerprint density at radius 2 is 1.85 bits per heavy atom. The number of amides is 1. The zero-order valence-electron chi connectivity index (χ0n) is 18.9. The lowest BCUT2D eigenvalue weighted by Gasteiger charge is -2.19. The molecular formula is C25H32FIN4O2. The van der Waals surface area contributed by atoms with Gasteiger partial charge in [-0.3, -0.25) is 9.79 Å². The number of nitrogens with zero attached hydrogens (tertiary/aromatic N) is 1. The van der Waals surface area contributed by atoms with Gasteiger partial charge in [-0.2, -0.15) is 0 Å². The van der Waals surface area contributed by atoms with Crippen molar-refractivity contribution < 1.29 is 13.9 Å². The number of rotatable bonds is 10. The average molecular weight is 566 g/mol. The number of carbonyl (C=O) groups excluding carboxylic acids is 1. The van der Waals surface area contributed by atoms with Gasteiger partial charge in [0.15, 0.2) is 12.6 Å². The molecule has 8 heteroatoms. The summed E-state index contributed by atoms with van der Waals surface area (Å²) < 4.78 is 19.7. The number of halogens is 2. The van der Waals surface area contributed by atoms with Gasteiger partial charge in [-0.15, -0.1) is 24.0 Å². The van der Waals surface area contributed by atoms with E-state index in [1.807, 2.05) is 36.4 Å². The molecule has 1 amide bonds. The van der Waals surface area contributed by atoms with Gasteiger partial charge < -0.3 is 20.7 Å². The molecule has 0 aliphatic heterocycles. The maximum absolute atomic E-state index is 14.2. The van der Waals surface area contributed by atoms with Crippen LogP contribution in [0.2, 0.25) is 0 Å². The molecule has 0 radical (unpaired) electrons. The SMILES string of the molecule is CN=C(NCCc1ccc(OCC(=O)NC2CC2)cc1)NCC1(c2ccccc2F)CC1.I. The van der Waals surface area contributed by atoms with Crippen LogP contribution in [0.3, 0.4) is 0 Å². The third kappa shape index (κ3) is 7.31. The lowest BCUT2D eigenvalue weighted by molar-refractivity contribution is -0.123. The Morgan fingerprint density at radius 1 is 1.12 bits per heavy atom. The van der Waals surface area contributed by atoms with Crippen molar-refractivity contribution in [1.82, 2.24) is 16.0 Å². The van der Waals surface area contributed by atoms with E-state index in [-0.39, 0.29) is 47.7 Å². The molecule has 0 bridgehead atoms. The fourth-order valence-electron chi connectivity index (χ4n) is 3.78. The summed E-state index contributed by atoms with van der Waals surface area (Å²) in [5, 5.41) is 9.58. The highest BCUT2D eigenvalue weighted by Crippen LogP contribution is 2.48. The molecule has 2 aromatic rings. The minimum atomic E-state index is -0.134. The van der Waals surface area contributed by atoms with E-state index in [4.69, 9.17) is 4.74 Å². The first kappa shape index (κ1) is 25.3. The second-order valence-corrected chi connectivity index (χ2v) is 8.64. The molecule has 4 rings (SSSR count). The zero-order chi connectivity index (χ0) is 22.4. The lowest BCUT2D eigenvalue weighted by Crippen LogP contribution is -2.42. The zero-order valence-corrected chi connectivity index (χ0v) is 21.2. The second-order valence-electron chi connectivity index (χ2n) is 8.64. The number of carbonyl (C=O) groups is 1. The summed E-state index contributed by atoms with van der Waals surface area (Å²) in [5.41, 5.74) is 1.82. The first-order chi connectivity index (χ1) is 15.6. The van der Waals surface area contributed by atoms with Gasteiger partial charge in [0.1, 0.15) is 11.6 Å². The molecule has 0 aromatic heterocycles. The minimum Gasteiger partial charge on any atom is -0.484 e. The van der Waals surface area contributed by atoms with Crippen molar-refractivity contribution in [3.8, 4) is 5.75 Å². The molecule has 0 unspecified atom stereocenters. The van der Waals surface area contributed by atoms with Crippen LogP contribution in [0.15, 0.2) is 53.5 Å². The normalized spacial score (nSPS) is 16.4. The second kappa shape index (κ2) is 11.7. The van der Waals surface area contributed by atoms with Crippen molar-refractivity contribution in [3.05, 3.63) is 65.5 Å². The summed E-state index contributed by atoms with van der Waals surface area (Å²) in [6, 6.07) is 15.2. The highest BCUT2D eigenvalue weighted by molar-refractivity contribution is 14.0. The summed E-state index contributed by atoms with van der Waals surface area (Å²) in [7, 11) is 1.74. The Kier molecular flexibility index (Phi) is 8.94. The number of ether oxygens (including phenoxy) is 1. The fourth-order valence-corrected chi connectivity index (χ4v) is 3.78. The number of nitrogens with one attached hydrogen (secondary N) is 3. The summed E-state index contributed by atoms with van der Waals surface area (Å²) in [6.07, 6.45) is 4.92. The van der Waals surface area contributed by atoms with Crippen LogP contribution in [0.5, 0.6) is 5.75 Å². The molecule has 33 heavy (non-hydrogen) atoms. The Balaban J connectivity index is 0.00000306. The standard InChI is InChI=1S/C25H31FN4O2.HI/c1-27-24(29-17-25(13-14-25)21-4-2-3-5-22(21)26)28-15-12-18-6-10-20(11-7-18)32-16-23(31)30-19-8-9-19;/h2-7,10-11,19H,8-9,12-17H2,1H3,(H,30,31)(H2,27,28,29);1H. The van der Waals surface area contributed by atoms with E-state index in [0.717, 1.165) is 49.8 Å². The predicted octanol–water partition coefficient (Wildman–Crippen LogP) is 3.54. The van der Waals surface area contributed by atoms with E-state index < -0.39 is 0 Å². The molecule has 2 aliphatic carbocycles. The van der Waals surface area contributed by atoms with Crippen molar-refractivity contribution in [3.63, 3.8) is 0 Å². The third-order valence-corrected chi connectivity index (χ3v) is 6.06. The molecule has 3 N–H and O–H groups in total. The molecule has 2 aliphatic rings. The van der Waals surface area contributed by atoms with Gasteiger partial charge in [-0.05, 0) is 61.4 Å². The monoisotopic (exact) mass is 566 g/mol. The van der Waals surface area contributed by atoms with Crippen LogP contribution in [-0.4, -0.2) is 44.7 Å². The van der Waals surface area contributed by atoms with Crippen LogP contribution in [-0.2, 0) is 16.6 Å². The summed E-state index contributed by atoms with van der Waals surface area (Å²) in [5.74, 6) is 1.20. The van der Waals surface area contributed by atoms with E-state index in [1.165, 1.54) is 6.07 Å². The molecule has 2 saturated carbocycles. The number of aliphatic imine (C=N–C) groups is 1. The summed E-state index contributed by atoms with van der Waals surface area (Å²) in [6.45, 7) is 1.43. The van der Waals surface area contributed by atoms with Crippen molar-refractivity contribution in [2.45, 2.75) is 43.6 Å². The van der Waals surface area contributed by atoms with Crippen LogP contribution in [0.1, 0.15) is 36.8 Å². The fraction of sp³-hybridized carbons (Fsp3) is 0.440. The van der Waals surface area contributed by atoms with Crippen molar-refractivity contribution >= 4 is 35.8 Å². The van der Waals surface area contributed by atoms with E-state index in [2.05, 4.69) is 20.9 Å². The Labute approximate surface area is 211 Å². The van der Waals surface area contributed by atoms with E-state index in [9.17, 15) is 9.18 Å². The van der Waals surface area contributed by atoms with E-state index in [1.54, 1.807) is 13.1 Å². The molecule has 0 atom stereocenters. The molecule has 2 aromatic carbocycles. The Bertz CT molecular complexity index is 959. The van der Waals surface area contributed by atoms with Crippen molar-refractivity contribution in [1.29, 1.82) is 0 Å². The smallest absolute Gasteiger partial charge is 0.258 e. The number of benzene rings is 2. The van der Waals surface area contributed by atoms with Gasteiger partial charge >= 0.3 is 0 Å². The number of hydrogen-bond donors (Lipinski definition) is 3. The summed E-state index contributed by atoms with van der Waals surface area (Å²) in [4.78, 5) is 16.0. The van der Waals surface area contributed by atoms with Gasteiger partial charge in [0, 0.05) is 31.6 Å². The number of guanidine groups is 1. The maximum atomic E-state index is 14.2. The van der Waals surface area contributed by atoms with E-state index >= 15 is 0 Å². The van der Waals surface area contributed by atoms with Crippen LogP contribution >= 0.6 is 24.0 Å². The maximum Gasteiger partial charge on any atom is 0.258 e. The molecule has 0 heterocycles. The molecular weight excluding hydrogens is 534 g/mol. The van der Waals surface area contributed by atoms with Gasteiger partial charge in [-0.25, -0.2) is 4.39 Å². The van der Waals surface area contributed by atoms with Crippen LogP contribution in [0.25, 0.3) is 0 Å². The van der Waals surface area contributed by atoms with Crippen LogP contribution in [0.4, 0.5) is 4.39 Å². The van der Waals surface area contributed by atoms with E-state index in [0.29, 0.717) is 24.3 Å². The summed E-state index contributed by atoms with van der Waals surface area (Å²) >= 11 is 0. The molecule has 2 fully saturated rings. The average Bonchev–Trinajstić information content (AvgIpc) is 3.73. The predicted molar refractivity (Wildman–Crippen MR) is 139 cm³/mol. The molecule has 178 valence electrons. The highest BCUT2D eigenvalue weighted by Gasteiger charge is 2.45. The quantitative estimate of drug-likeness (QED) is 0.234. The van der Waals surface area contributed by atoms with Gasteiger partial charge in [0.2, 0.25) is 0 Å². The largest absolute Gasteiger partial charge is 0.484 e.